The fourth-order valence-corrected chi connectivity index (χ4v) is 3.70. The van der Waals surface area contributed by atoms with Crippen LogP contribution in [-0.2, 0) is 4.74 Å². The molecule has 2 N–H and O–H groups in total. The van der Waals surface area contributed by atoms with Crippen molar-refractivity contribution in [2.24, 2.45) is 11.8 Å². The van der Waals surface area contributed by atoms with Crippen molar-refractivity contribution in [2.45, 2.75) is 32.2 Å². The third kappa shape index (κ3) is 3.96. The van der Waals surface area contributed by atoms with Crippen molar-refractivity contribution in [2.75, 3.05) is 26.3 Å². The Balaban J connectivity index is 1.52. The molecular weight excluding hydrogens is 292 g/mol. The number of carbonyl (C=O) groups excluding carboxylic acids is 1. The van der Waals surface area contributed by atoms with Gasteiger partial charge in [-0.1, -0.05) is 12.1 Å². The lowest BCUT2D eigenvalue weighted by Gasteiger charge is -2.28. The summed E-state index contributed by atoms with van der Waals surface area (Å²) in [5, 5.41) is 12.6. The number of rotatable bonds is 3. The van der Waals surface area contributed by atoms with Gasteiger partial charge in [-0.05, 0) is 55.7 Å². The van der Waals surface area contributed by atoms with Gasteiger partial charge in [0.15, 0.2) is 0 Å². The van der Waals surface area contributed by atoms with Crippen LogP contribution >= 0.6 is 0 Å². The molecule has 126 valence electrons. The molecule has 2 amide bonds. The van der Waals surface area contributed by atoms with Crippen LogP contribution in [-0.4, -0.2) is 42.3 Å². The Morgan fingerprint density at radius 1 is 1.30 bits per heavy atom. The first-order chi connectivity index (χ1) is 11.1. The van der Waals surface area contributed by atoms with Crippen molar-refractivity contribution >= 4 is 6.03 Å². The van der Waals surface area contributed by atoms with E-state index in [4.69, 9.17) is 4.74 Å². The van der Waals surface area contributed by atoms with Crippen LogP contribution in [0.4, 0.5) is 4.79 Å². The highest BCUT2D eigenvalue weighted by Gasteiger charge is 2.33. The third-order valence-corrected chi connectivity index (χ3v) is 5.15. The highest BCUT2D eigenvalue weighted by molar-refractivity contribution is 5.75. The number of aromatic hydroxyl groups is 1. The van der Waals surface area contributed by atoms with E-state index in [2.05, 4.69) is 5.32 Å². The lowest BCUT2D eigenvalue weighted by molar-refractivity contribution is 0.0484. The normalized spacial score (nSPS) is 23.7. The van der Waals surface area contributed by atoms with Crippen LogP contribution in [0.2, 0.25) is 0 Å². The molecule has 1 aromatic carbocycles. The van der Waals surface area contributed by atoms with E-state index < -0.39 is 0 Å². The van der Waals surface area contributed by atoms with Crippen molar-refractivity contribution in [1.29, 1.82) is 0 Å². The highest BCUT2D eigenvalue weighted by Crippen LogP contribution is 2.31. The van der Waals surface area contributed by atoms with Gasteiger partial charge in [-0.2, -0.15) is 0 Å². The molecule has 2 heterocycles. The van der Waals surface area contributed by atoms with Crippen LogP contribution in [0.15, 0.2) is 24.3 Å². The van der Waals surface area contributed by atoms with E-state index in [-0.39, 0.29) is 17.8 Å². The van der Waals surface area contributed by atoms with Crippen molar-refractivity contribution in [3.05, 3.63) is 29.8 Å². The molecule has 1 aromatic rings. The monoisotopic (exact) mass is 318 g/mol. The number of nitrogens with zero attached hydrogens (tertiary/aromatic N) is 1. The molecule has 2 saturated heterocycles. The van der Waals surface area contributed by atoms with Crippen LogP contribution in [0.5, 0.6) is 5.75 Å². The van der Waals surface area contributed by atoms with Crippen molar-refractivity contribution in [1.82, 2.24) is 10.2 Å². The molecular formula is C18H26N2O3. The van der Waals surface area contributed by atoms with Gasteiger partial charge in [0.2, 0.25) is 0 Å². The van der Waals surface area contributed by atoms with Crippen LogP contribution < -0.4 is 5.32 Å². The minimum absolute atomic E-state index is 0.00426. The molecule has 0 bridgehead atoms. The predicted molar refractivity (Wildman–Crippen MR) is 88.3 cm³/mol. The zero-order chi connectivity index (χ0) is 16.2. The summed E-state index contributed by atoms with van der Waals surface area (Å²) in [6.45, 7) is 5.35. The average Bonchev–Trinajstić information content (AvgIpc) is 3.06. The van der Waals surface area contributed by atoms with Gasteiger partial charge in [0, 0.05) is 26.3 Å². The van der Waals surface area contributed by atoms with Crippen LogP contribution in [0.1, 0.15) is 37.8 Å². The van der Waals surface area contributed by atoms with Crippen molar-refractivity contribution in [3.8, 4) is 5.75 Å². The Morgan fingerprint density at radius 3 is 2.83 bits per heavy atom. The summed E-state index contributed by atoms with van der Waals surface area (Å²) in [5.74, 6) is 1.54. The van der Waals surface area contributed by atoms with Gasteiger partial charge in [0.1, 0.15) is 5.75 Å². The number of phenols is 1. The third-order valence-electron chi connectivity index (χ3n) is 5.15. The molecule has 2 atom stereocenters. The number of nitrogens with one attached hydrogen (secondary N) is 1. The number of ether oxygens (including phenoxy) is 1. The fourth-order valence-electron chi connectivity index (χ4n) is 3.70. The summed E-state index contributed by atoms with van der Waals surface area (Å²) >= 11 is 0. The Morgan fingerprint density at radius 2 is 2.09 bits per heavy atom. The van der Waals surface area contributed by atoms with Crippen molar-refractivity contribution < 1.29 is 14.6 Å². The second-order valence-corrected chi connectivity index (χ2v) is 6.71. The Bertz CT molecular complexity index is 543. The van der Waals surface area contributed by atoms with E-state index in [1.54, 1.807) is 18.2 Å². The van der Waals surface area contributed by atoms with Crippen LogP contribution in [0.25, 0.3) is 0 Å². The van der Waals surface area contributed by atoms with Crippen LogP contribution in [0, 0.1) is 11.8 Å². The first-order valence-corrected chi connectivity index (χ1v) is 8.55. The van der Waals surface area contributed by atoms with Gasteiger partial charge >= 0.3 is 6.03 Å². The zero-order valence-electron chi connectivity index (χ0n) is 13.7. The minimum atomic E-state index is -0.114. The van der Waals surface area contributed by atoms with Crippen molar-refractivity contribution in [3.63, 3.8) is 0 Å². The zero-order valence-corrected chi connectivity index (χ0v) is 13.7. The number of hydrogen-bond acceptors (Lipinski definition) is 3. The molecule has 2 aliphatic rings. The van der Waals surface area contributed by atoms with E-state index in [0.717, 1.165) is 51.1 Å². The van der Waals surface area contributed by atoms with Gasteiger partial charge in [-0.25, -0.2) is 4.79 Å². The maximum absolute atomic E-state index is 12.5. The maximum atomic E-state index is 12.5. The first-order valence-electron chi connectivity index (χ1n) is 8.55. The predicted octanol–water partition coefficient (Wildman–Crippen LogP) is 2.91. The molecule has 0 aromatic heterocycles. The Labute approximate surface area is 137 Å². The number of hydrogen-bond donors (Lipinski definition) is 2. The highest BCUT2D eigenvalue weighted by atomic mass is 16.5. The molecule has 0 radical (unpaired) electrons. The van der Waals surface area contributed by atoms with Gasteiger partial charge in [-0.3, -0.25) is 0 Å². The van der Waals surface area contributed by atoms with E-state index in [1.165, 1.54) is 0 Å². The molecule has 0 saturated carbocycles. The smallest absolute Gasteiger partial charge is 0.317 e. The number of phenolic OH excluding ortho intramolecular Hbond substituents is 1. The largest absolute Gasteiger partial charge is 0.508 e. The molecule has 0 unspecified atom stereocenters. The molecule has 5 nitrogen and oxygen atoms in total. The SMILES string of the molecule is C[C@@H](NC(=O)N1CC[C@@H](C2CCOCC2)C1)c1cccc(O)c1. The second-order valence-electron chi connectivity index (χ2n) is 6.71. The van der Waals surface area contributed by atoms with E-state index in [0.29, 0.717) is 11.8 Å². The summed E-state index contributed by atoms with van der Waals surface area (Å²) < 4.78 is 5.43. The number of carbonyl (C=O) groups is 1. The molecule has 0 spiro atoms. The Hall–Kier alpha value is -1.75. The minimum Gasteiger partial charge on any atom is -0.508 e. The molecule has 2 fully saturated rings. The van der Waals surface area contributed by atoms with Gasteiger partial charge < -0.3 is 20.1 Å². The molecule has 0 aliphatic carbocycles. The summed E-state index contributed by atoms with van der Waals surface area (Å²) in [6.07, 6.45) is 3.35. The van der Waals surface area contributed by atoms with E-state index >= 15 is 0 Å². The Kier molecular flexibility index (Phi) is 5.06. The van der Waals surface area contributed by atoms with Gasteiger partial charge in [-0.15, -0.1) is 0 Å². The summed E-state index contributed by atoms with van der Waals surface area (Å²) in [4.78, 5) is 14.4. The van der Waals surface area contributed by atoms with Gasteiger partial charge in [0.25, 0.3) is 0 Å². The maximum Gasteiger partial charge on any atom is 0.317 e. The molecule has 3 rings (SSSR count). The average molecular weight is 318 g/mol. The number of urea groups is 1. The lowest BCUT2D eigenvalue weighted by atomic mass is 9.85. The summed E-state index contributed by atoms with van der Waals surface area (Å²) in [6, 6.07) is 6.92. The second kappa shape index (κ2) is 7.21. The topological polar surface area (TPSA) is 61.8 Å². The molecule has 2 aliphatic heterocycles. The number of likely N-dealkylation sites (tertiary alicyclic amines) is 1. The first kappa shape index (κ1) is 16.1. The number of amides is 2. The quantitative estimate of drug-likeness (QED) is 0.901. The summed E-state index contributed by atoms with van der Waals surface area (Å²) in [5.41, 5.74) is 0.915. The van der Waals surface area contributed by atoms with Gasteiger partial charge in [0.05, 0.1) is 6.04 Å². The fraction of sp³-hybridized carbons (Fsp3) is 0.611. The standard InChI is InChI=1S/C18H26N2O3/c1-13(15-3-2-4-17(21)11-15)19-18(22)20-8-5-16(12-20)14-6-9-23-10-7-14/h2-4,11,13-14,16,21H,5-10,12H2,1H3,(H,19,22)/t13-,16-/m1/s1. The van der Waals surface area contributed by atoms with E-state index in [9.17, 15) is 9.90 Å². The molecule has 5 heteroatoms. The van der Waals surface area contributed by atoms with Crippen LogP contribution in [0.3, 0.4) is 0 Å². The molecule has 23 heavy (non-hydrogen) atoms. The van der Waals surface area contributed by atoms with E-state index in [1.807, 2.05) is 17.9 Å². The lowest BCUT2D eigenvalue weighted by Crippen LogP contribution is -2.40. The summed E-state index contributed by atoms with van der Waals surface area (Å²) in [7, 11) is 0. The number of benzene rings is 1.